The number of fused-ring (bicyclic) bond motifs is 1. The second kappa shape index (κ2) is 7.64. The highest BCUT2D eigenvalue weighted by molar-refractivity contribution is 5.98. The van der Waals surface area contributed by atoms with Crippen molar-refractivity contribution in [2.45, 2.75) is 31.4 Å². The average Bonchev–Trinajstić information content (AvgIpc) is 3.42. The number of hydrogen-bond donors (Lipinski definition) is 1. The van der Waals surface area contributed by atoms with Crippen LogP contribution in [0.25, 0.3) is 0 Å². The molecule has 1 aromatic heterocycles. The molecule has 158 valence electrons. The third kappa shape index (κ3) is 3.39. The number of carbonyl (C=O) groups is 1. The first-order valence-corrected chi connectivity index (χ1v) is 10.3. The Morgan fingerprint density at radius 2 is 2.07 bits per heavy atom. The standard InChI is InChI=1S/C21H24N4O5/c26-16-6-8-23(12-16)15-9-19(27)25(22-10-15)14-3-2-7-24(11-14)21(28)17-4-1-5-18-20(17)30-13-29-18/h1,4-5,9-10,14,16,26H,2-3,6-8,11-13H2/t14-,16+/m1/s1. The monoisotopic (exact) mass is 412 g/mol. The number of ether oxygens (including phenoxy) is 2. The molecule has 1 aromatic carbocycles. The van der Waals surface area contributed by atoms with Crippen LogP contribution in [-0.2, 0) is 0 Å². The Hall–Kier alpha value is -3.07. The first kappa shape index (κ1) is 18.9. The van der Waals surface area contributed by atoms with Crippen LogP contribution in [0.2, 0.25) is 0 Å². The number of likely N-dealkylation sites (tertiary alicyclic amines) is 1. The number of hydrogen-bond acceptors (Lipinski definition) is 7. The van der Waals surface area contributed by atoms with Gasteiger partial charge in [0.2, 0.25) is 6.79 Å². The molecule has 3 aliphatic heterocycles. The quantitative estimate of drug-likeness (QED) is 0.804. The zero-order chi connectivity index (χ0) is 20.7. The average molecular weight is 412 g/mol. The van der Waals surface area contributed by atoms with Gasteiger partial charge in [0.15, 0.2) is 11.5 Å². The second-order valence-corrected chi connectivity index (χ2v) is 7.97. The summed E-state index contributed by atoms with van der Waals surface area (Å²) in [7, 11) is 0. The maximum Gasteiger partial charge on any atom is 0.269 e. The molecule has 0 spiro atoms. The molecule has 0 radical (unpaired) electrons. The molecule has 0 unspecified atom stereocenters. The van der Waals surface area contributed by atoms with E-state index in [-0.39, 0.29) is 30.4 Å². The summed E-state index contributed by atoms with van der Waals surface area (Å²) in [6.07, 6.45) is 3.58. The van der Waals surface area contributed by atoms with Gasteiger partial charge in [-0.1, -0.05) is 6.07 Å². The lowest BCUT2D eigenvalue weighted by Gasteiger charge is -2.33. The van der Waals surface area contributed by atoms with Crippen molar-refractivity contribution in [3.05, 3.63) is 46.4 Å². The van der Waals surface area contributed by atoms with E-state index in [0.29, 0.717) is 49.7 Å². The van der Waals surface area contributed by atoms with Crippen LogP contribution in [0.3, 0.4) is 0 Å². The summed E-state index contributed by atoms with van der Waals surface area (Å²) >= 11 is 0. The smallest absolute Gasteiger partial charge is 0.269 e. The molecule has 2 aromatic rings. The molecule has 2 saturated heterocycles. The number of para-hydroxylation sites is 1. The number of aromatic nitrogens is 2. The molecule has 0 saturated carbocycles. The lowest BCUT2D eigenvalue weighted by atomic mass is 10.0. The van der Waals surface area contributed by atoms with Crippen LogP contribution >= 0.6 is 0 Å². The van der Waals surface area contributed by atoms with E-state index in [4.69, 9.17) is 9.47 Å². The zero-order valence-corrected chi connectivity index (χ0v) is 16.6. The van der Waals surface area contributed by atoms with Crippen molar-refractivity contribution < 1.29 is 19.4 Å². The first-order chi connectivity index (χ1) is 14.6. The fourth-order valence-corrected chi connectivity index (χ4v) is 4.44. The van der Waals surface area contributed by atoms with Gasteiger partial charge in [-0.05, 0) is 31.4 Å². The molecular formula is C21H24N4O5. The third-order valence-electron chi connectivity index (χ3n) is 6.00. The van der Waals surface area contributed by atoms with Crippen LogP contribution in [0.15, 0.2) is 35.3 Å². The van der Waals surface area contributed by atoms with Gasteiger partial charge in [0.25, 0.3) is 11.5 Å². The van der Waals surface area contributed by atoms with Crippen molar-refractivity contribution in [3.8, 4) is 11.5 Å². The number of aliphatic hydroxyl groups excluding tert-OH is 1. The zero-order valence-electron chi connectivity index (χ0n) is 16.6. The van der Waals surface area contributed by atoms with E-state index in [1.165, 1.54) is 4.68 Å². The predicted octanol–water partition coefficient (Wildman–Crippen LogP) is 1.02. The summed E-state index contributed by atoms with van der Waals surface area (Å²) < 4.78 is 12.3. The topological polar surface area (TPSA) is 97.1 Å². The fourth-order valence-electron chi connectivity index (χ4n) is 4.44. The minimum absolute atomic E-state index is 0.113. The van der Waals surface area contributed by atoms with E-state index in [2.05, 4.69) is 5.10 Å². The van der Waals surface area contributed by atoms with Crippen LogP contribution in [0.4, 0.5) is 5.69 Å². The Bertz CT molecular complexity index is 1020. The van der Waals surface area contributed by atoms with Crippen LogP contribution < -0.4 is 19.9 Å². The molecule has 3 aliphatic rings. The predicted molar refractivity (Wildman–Crippen MR) is 108 cm³/mol. The van der Waals surface area contributed by atoms with Crippen molar-refractivity contribution in [2.24, 2.45) is 0 Å². The largest absolute Gasteiger partial charge is 0.454 e. The van der Waals surface area contributed by atoms with Gasteiger partial charge >= 0.3 is 0 Å². The molecule has 2 atom stereocenters. The van der Waals surface area contributed by atoms with Gasteiger partial charge in [0, 0.05) is 32.2 Å². The van der Waals surface area contributed by atoms with Gasteiger partial charge in [-0.3, -0.25) is 9.59 Å². The number of amides is 1. The van der Waals surface area contributed by atoms with Crippen LogP contribution in [0, 0.1) is 0 Å². The van der Waals surface area contributed by atoms with E-state index in [1.54, 1.807) is 35.4 Å². The Morgan fingerprint density at radius 1 is 1.17 bits per heavy atom. The number of benzene rings is 1. The Balaban J connectivity index is 1.34. The first-order valence-electron chi connectivity index (χ1n) is 10.3. The second-order valence-electron chi connectivity index (χ2n) is 7.97. The Morgan fingerprint density at radius 3 is 2.87 bits per heavy atom. The lowest BCUT2D eigenvalue weighted by Crippen LogP contribution is -2.43. The highest BCUT2D eigenvalue weighted by Crippen LogP contribution is 2.36. The van der Waals surface area contributed by atoms with Gasteiger partial charge in [-0.2, -0.15) is 5.10 Å². The summed E-state index contributed by atoms with van der Waals surface area (Å²) in [6, 6.07) is 6.69. The molecule has 1 N–H and O–H groups in total. The summed E-state index contributed by atoms with van der Waals surface area (Å²) in [5.41, 5.74) is 1.02. The number of anilines is 1. The van der Waals surface area contributed by atoms with E-state index in [0.717, 1.165) is 18.5 Å². The number of piperidine rings is 1. The number of rotatable bonds is 3. The molecule has 5 rings (SSSR count). The number of aliphatic hydroxyl groups is 1. The third-order valence-corrected chi connectivity index (χ3v) is 6.00. The van der Waals surface area contributed by atoms with Gasteiger partial charge in [0.1, 0.15) is 0 Å². The highest BCUT2D eigenvalue weighted by Gasteiger charge is 2.30. The van der Waals surface area contributed by atoms with Gasteiger partial charge in [-0.25, -0.2) is 4.68 Å². The van der Waals surface area contributed by atoms with Crippen LogP contribution in [-0.4, -0.2) is 64.8 Å². The van der Waals surface area contributed by atoms with Crippen molar-refractivity contribution in [2.75, 3.05) is 37.9 Å². The lowest BCUT2D eigenvalue weighted by molar-refractivity contribution is 0.0665. The van der Waals surface area contributed by atoms with Crippen molar-refractivity contribution in [1.82, 2.24) is 14.7 Å². The van der Waals surface area contributed by atoms with Crippen LogP contribution in [0.5, 0.6) is 11.5 Å². The number of carbonyl (C=O) groups excluding carboxylic acids is 1. The Kier molecular flexibility index (Phi) is 4.82. The van der Waals surface area contributed by atoms with Crippen molar-refractivity contribution in [3.63, 3.8) is 0 Å². The minimum Gasteiger partial charge on any atom is -0.454 e. The van der Waals surface area contributed by atoms with E-state index in [9.17, 15) is 14.7 Å². The Labute approximate surface area is 173 Å². The van der Waals surface area contributed by atoms with Gasteiger partial charge in [-0.15, -0.1) is 0 Å². The molecule has 9 heteroatoms. The fraction of sp³-hybridized carbons (Fsp3) is 0.476. The molecule has 2 fully saturated rings. The molecule has 4 heterocycles. The minimum atomic E-state index is -0.362. The maximum absolute atomic E-state index is 13.1. The molecule has 30 heavy (non-hydrogen) atoms. The highest BCUT2D eigenvalue weighted by atomic mass is 16.7. The van der Waals surface area contributed by atoms with E-state index >= 15 is 0 Å². The molecule has 9 nitrogen and oxygen atoms in total. The number of β-amino-alcohol motifs (C(OH)–C–C–N with tert-alkyl or cyclic N) is 1. The summed E-state index contributed by atoms with van der Waals surface area (Å²) in [5, 5.41) is 14.1. The van der Waals surface area contributed by atoms with Gasteiger partial charge < -0.3 is 24.4 Å². The SMILES string of the molecule is O=C(c1cccc2c1OCO2)N1CCC[C@@H](n2ncc(N3CC[C@H](O)C3)cc2=O)C1. The van der Waals surface area contributed by atoms with Gasteiger partial charge in [0.05, 0.1) is 29.6 Å². The molecular weight excluding hydrogens is 388 g/mol. The van der Waals surface area contributed by atoms with Crippen molar-refractivity contribution >= 4 is 11.6 Å². The van der Waals surface area contributed by atoms with E-state index < -0.39 is 0 Å². The maximum atomic E-state index is 13.1. The summed E-state index contributed by atoms with van der Waals surface area (Å²) in [6.45, 7) is 2.38. The molecule has 0 bridgehead atoms. The van der Waals surface area contributed by atoms with Crippen LogP contribution in [0.1, 0.15) is 35.7 Å². The number of nitrogens with zero attached hydrogens (tertiary/aromatic N) is 4. The van der Waals surface area contributed by atoms with Crippen molar-refractivity contribution in [1.29, 1.82) is 0 Å². The molecule has 0 aliphatic carbocycles. The van der Waals surface area contributed by atoms with E-state index in [1.807, 2.05) is 4.90 Å². The summed E-state index contributed by atoms with van der Waals surface area (Å²) in [4.78, 5) is 29.6. The summed E-state index contributed by atoms with van der Waals surface area (Å²) in [5.74, 6) is 0.935. The normalized spacial score (nSPS) is 23.1. The molecule has 1 amide bonds.